The normalized spacial score (nSPS) is 33.0. The molecule has 0 aromatic rings. The van der Waals surface area contributed by atoms with E-state index in [0.717, 1.165) is 6.54 Å². The van der Waals surface area contributed by atoms with Gasteiger partial charge >= 0.3 is 0 Å². The maximum atomic E-state index is 4.37. The minimum absolute atomic E-state index is 0.375. The minimum Gasteiger partial charge on any atom is -0.354 e. The number of rotatable bonds is 1. The zero-order valence-electron chi connectivity index (χ0n) is 6.64. The van der Waals surface area contributed by atoms with Crippen LogP contribution in [0, 0.1) is 0 Å². The van der Waals surface area contributed by atoms with E-state index < -0.39 is 0 Å². The molecule has 2 unspecified atom stereocenters. The van der Waals surface area contributed by atoms with Gasteiger partial charge in [0.25, 0.3) is 0 Å². The van der Waals surface area contributed by atoms with E-state index in [1.165, 1.54) is 0 Å². The number of likely N-dealkylation sites (N-methyl/N-ethyl adjacent to an activating group) is 1. The van der Waals surface area contributed by atoms with Crippen LogP contribution in [0.1, 0.15) is 6.92 Å². The summed E-state index contributed by atoms with van der Waals surface area (Å²) < 4.78 is 0. The number of hydrogen-bond donors (Lipinski definition) is 0. The molecule has 0 N–H and O–H groups in total. The second-order valence-corrected chi connectivity index (χ2v) is 2.85. The van der Waals surface area contributed by atoms with Crippen LogP contribution in [0.25, 0.3) is 0 Å². The predicted octanol–water partition coefficient (Wildman–Crippen LogP) is 1.21. The van der Waals surface area contributed by atoms with E-state index >= 15 is 0 Å². The largest absolute Gasteiger partial charge is 0.354 e. The van der Waals surface area contributed by atoms with Crippen LogP contribution in [0.15, 0.2) is 29.3 Å². The van der Waals surface area contributed by atoms with Crippen LogP contribution in [0.3, 0.4) is 0 Å². The van der Waals surface area contributed by atoms with Crippen LogP contribution < -0.4 is 0 Å². The van der Waals surface area contributed by atoms with Crippen LogP contribution in [0.5, 0.6) is 0 Å². The Morgan fingerprint density at radius 2 is 2.18 bits per heavy atom. The number of allylic oxidation sites excluding steroid dienone is 2. The second-order valence-electron chi connectivity index (χ2n) is 2.85. The molecule has 2 rings (SSSR count). The highest BCUT2D eigenvalue weighted by molar-refractivity contribution is 5.61. The molecule has 2 aliphatic rings. The molecule has 2 heteroatoms. The monoisotopic (exact) mass is 148 g/mol. The first-order valence-electron chi connectivity index (χ1n) is 4.06. The molecule has 0 saturated carbocycles. The minimum atomic E-state index is 0.375. The molecule has 0 bridgehead atoms. The summed E-state index contributed by atoms with van der Waals surface area (Å²) >= 11 is 0. The second kappa shape index (κ2) is 2.53. The molecular weight excluding hydrogens is 136 g/mol. The lowest BCUT2D eigenvalue weighted by Gasteiger charge is -2.23. The maximum Gasteiger partial charge on any atom is 0.0940 e. The Morgan fingerprint density at radius 3 is 3.00 bits per heavy atom. The third-order valence-electron chi connectivity index (χ3n) is 2.21. The average Bonchev–Trinajstić information content (AvgIpc) is 2.47. The van der Waals surface area contributed by atoms with Crippen molar-refractivity contribution in [1.29, 1.82) is 0 Å². The summed E-state index contributed by atoms with van der Waals surface area (Å²) in [6, 6.07) is 0.866. The third kappa shape index (κ3) is 0.985. The summed E-state index contributed by atoms with van der Waals surface area (Å²) in [4.78, 5) is 6.63. The molecule has 1 heterocycles. The number of nitrogens with zero attached hydrogens (tertiary/aromatic N) is 2. The van der Waals surface area contributed by atoms with Crippen molar-refractivity contribution in [1.82, 2.24) is 4.90 Å². The molecule has 0 aromatic heterocycles. The summed E-state index contributed by atoms with van der Waals surface area (Å²) in [5.41, 5.74) is 0. The highest BCUT2D eigenvalue weighted by Gasteiger charge is 2.26. The average molecular weight is 148 g/mol. The maximum absolute atomic E-state index is 4.37. The van der Waals surface area contributed by atoms with Gasteiger partial charge in [0.05, 0.1) is 18.4 Å². The van der Waals surface area contributed by atoms with Crippen LogP contribution in [-0.4, -0.2) is 29.9 Å². The van der Waals surface area contributed by atoms with Gasteiger partial charge in [-0.25, -0.2) is 0 Å². The molecule has 0 radical (unpaired) electrons. The number of aliphatic imine (C=N–C) groups is 1. The third-order valence-corrected chi connectivity index (χ3v) is 2.21. The van der Waals surface area contributed by atoms with Crippen molar-refractivity contribution in [2.75, 3.05) is 6.54 Å². The Bertz CT molecular complexity index is 228. The van der Waals surface area contributed by atoms with Crippen LogP contribution in [0.4, 0.5) is 0 Å². The molecular formula is C9H12N2. The van der Waals surface area contributed by atoms with Gasteiger partial charge in [0.1, 0.15) is 0 Å². The molecule has 0 aromatic carbocycles. The first-order valence-corrected chi connectivity index (χ1v) is 4.06. The zero-order chi connectivity index (χ0) is 7.68. The highest BCUT2D eigenvalue weighted by Crippen LogP contribution is 2.18. The van der Waals surface area contributed by atoms with Gasteiger partial charge in [-0.1, -0.05) is 24.3 Å². The molecule has 0 amide bonds. The van der Waals surface area contributed by atoms with Crippen molar-refractivity contribution in [2.45, 2.75) is 19.0 Å². The fourth-order valence-electron chi connectivity index (χ4n) is 1.56. The standard InChI is InChI=1S/C9H12N2/c1-2-11-7-10-8-5-3-4-6-9(8)11/h3-9H,2H2,1H3. The summed E-state index contributed by atoms with van der Waals surface area (Å²) in [6.07, 6.45) is 10.5. The quantitative estimate of drug-likeness (QED) is 0.545. The van der Waals surface area contributed by atoms with Crippen molar-refractivity contribution in [3.05, 3.63) is 24.3 Å². The van der Waals surface area contributed by atoms with Crippen molar-refractivity contribution in [3.63, 3.8) is 0 Å². The fraction of sp³-hybridized carbons (Fsp3) is 0.444. The lowest BCUT2D eigenvalue weighted by Crippen LogP contribution is -2.34. The Labute approximate surface area is 66.9 Å². The number of fused-ring (bicyclic) bond motifs is 1. The van der Waals surface area contributed by atoms with E-state index in [0.29, 0.717) is 12.1 Å². The molecule has 0 spiro atoms. The van der Waals surface area contributed by atoms with Gasteiger partial charge < -0.3 is 4.90 Å². The van der Waals surface area contributed by atoms with Gasteiger partial charge in [0.15, 0.2) is 0 Å². The molecule has 0 fully saturated rings. The van der Waals surface area contributed by atoms with Crippen molar-refractivity contribution < 1.29 is 0 Å². The van der Waals surface area contributed by atoms with E-state index in [2.05, 4.69) is 41.1 Å². The predicted molar refractivity (Wildman–Crippen MR) is 46.7 cm³/mol. The first kappa shape index (κ1) is 6.65. The van der Waals surface area contributed by atoms with E-state index in [4.69, 9.17) is 0 Å². The molecule has 2 atom stereocenters. The first-order chi connectivity index (χ1) is 5.42. The molecule has 1 aliphatic heterocycles. The lowest BCUT2D eigenvalue weighted by molar-refractivity contribution is 0.394. The van der Waals surface area contributed by atoms with Gasteiger partial charge in [-0.15, -0.1) is 0 Å². The Morgan fingerprint density at radius 1 is 1.36 bits per heavy atom. The molecule has 2 nitrogen and oxygen atoms in total. The van der Waals surface area contributed by atoms with E-state index in [-0.39, 0.29) is 0 Å². The summed E-state index contributed by atoms with van der Waals surface area (Å²) in [5.74, 6) is 0. The van der Waals surface area contributed by atoms with Gasteiger partial charge in [-0.2, -0.15) is 0 Å². The molecule has 1 aliphatic carbocycles. The van der Waals surface area contributed by atoms with E-state index in [1.54, 1.807) is 0 Å². The van der Waals surface area contributed by atoms with E-state index in [9.17, 15) is 0 Å². The van der Waals surface area contributed by atoms with Gasteiger partial charge in [0.2, 0.25) is 0 Å². The summed E-state index contributed by atoms with van der Waals surface area (Å²) in [5, 5.41) is 0. The zero-order valence-corrected chi connectivity index (χ0v) is 6.64. The van der Waals surface area contributed by atoms with Crippen molar-refractivity contribution in [2.24, 2.45) is 4.99 Å². The topological polar surface area (TPSA) is 15.6 Å². The molecule has 0 saturated heterocycles. The molecule has 58 valence electrons. The highest BCUT2D eigenvalue weighted by atomic mass is 15.2. The Balaban J connectivity index is 2.18. The number of hydrogen-bond acceptors (Lipinski definition) is 2. The summed E-state index contributed by atoms with van der Waals surface area (Å²) in [6.45, 7) is 3.20. The lowest BCUT2D eigenvalue weighted by atomic mass is 10.0. The van der Waals surface area contributed by atoms with Crippen LogP contribution in [-0.2, 0) is 0 Å². The fourth-order valence-corrected chi connectivity index (χ4v) is 1.56. The Kier molecular flexibility index (Phi) is 1.53. The Hall–Kier alpha value is -1.05. The van der Waals surface area contributed by atoms with Gasteiger partial charge in [-0.3, -0.25) is 4.99 Å². The van der Waals surface area contributed by atoms with Crippen molar-refractivity contribution in [3.8, 4) is 0 Å². The van der Waals surface area contributed by atoms with Gasteiger partial charge in [-0.05, 0) is 6.92 Å². The smallest absolute Gasteiger partial charge is 0.0940 e. The van der Waals surface area contributed by atoms with Gasteiger partial charge in [0, 0.05) is 6.54 Å². The SMILES string of the molecule is CCN1C=NC2C=CC=CC21. The van der Waals surface area contributed by atoms with E-state index in [1.807, 2.05) is 6.34 Å². The summed E-state index contributed by atoms with van der Waals surface area (Å²) in [7, 11) is 0. The van der Waals surface area contributed by atoms with Crippen LogP contribution >= 0.6 is 0 Å². The molecule has 11 heavy (non-hydrogen) atoms. The van der Waals surface area contributed by atoms with Crippen LogP contribution in [0.2, 0.25) is 0 Å². The van der Waals surface area contributed by atoms with Crippen molar-refractivity contribution >= 4 is 6.34 Å².